The number of ether oxygens (including phenoxy) is 1. The van der Waals surface area contributed by atoms with Crippen molar-refractivity contribution < 1.29 is 14.0 Å². The second kappa shape index (κ2) is 9.06. The summed E-state index contributed by atoms with van der Waals surface area (Å²) in [6.07, 6.45) is 7.81. The lowest BCUT2D eigenvalue weighted by atomic mass is 10.00. The monoisotopic (exact) mass is 310 g/mol. The van der Waals surface area contributed by atoms with Gasteiger partial charge in [0.1, 0.15) is 0 Å². The molecule has 0 heterocycles. The van der Waals surface area contributed by atoms with Crippen molar-refractivity contribution in [2.75, 3.05) is 6.61 Å². The fourth-order valence-electron chi connectivity index (χ4n) is 2.54. The third-order valence-electron chi connectivity index (χ3n) is 3.95. The number of carbonyl (C=O) groups excluding carboxylic acids is 1. The zero-order valence-corrected chi connectivity index (χ0v) is 15.4. The predicted octanol–water partition coefficient (Wildman–Crippen LogP) is 4.30. The van der Waals surface area contributed by atoms with Gasteiger partial charge in [-0.25, -0.2) is 4.79 Å². The van der Waals surface area contributed by atoms with E-state index in [2.05, 4.69) is 26.7 Å². The molecule has 0 aliphatic carbocycles. The van der Waals surface area contributed by atoms with Crippen molar-refractivity contribution in [3.8, 4) is 12.3 Å². The largest absolute Gasteiger partial charge is 0.463 e. The summed E-state index contributed by atoms with van der Waals surface area (Å²) < 4.78 is 11.6. The molecule has 4 heteroatoms. The maximum absolute atomic E-state index is 11.8. The van der Waals surface area contributed by atoms with Crippen LogP contribution in [0, 0.1) is 12.3 Å². The zero-order valence-electron chi connectivity index (χ0n) is 14.4. The van der Waals surface area contributed by atoms with Crippen molar-refractivity contribution in [3.05, 3.63) is 11.6 Å². The van der Waals surface area contributed by atoms with Crippen molar-refractivity contribution in [2.45, 2.75) is 71.7 Å². The average molecular weight is 311 g/mol. The minimum atomic E-state index is -1.80. The number of hydrogen-bond acceptors (Lipinski definition) is 3. The molecule has 0 aromatic heterocycles. The Morgan fingerprint density at radius 2 is 1.76 bits per heavy atom. The topological polar surface area (TPSA) is 35.5 Å². The first-order valence-electron chi connectivity index (χ1n) is 7.82. The molecule has 0 saturated heterocycles. The van der Waals surface area contributed by atoms with E-state index in [1.165, 1.54) is 0 Å². The van der Waals surface area contributed by atoms with Crippen molar-refractivity contribution in [2.24, 2.45) is 0 Å². The van der Waals surface area contributed by atoms with Crippen molar-refractivity contribution >= 4 is 14.3 Å². The van der Waals surface area contributed by atoms with Gasteiger partial charge in [0, 0.05) is 12.0 Å². The van der Waals surface area contributed by atoms with Gasteiger partial charge in [-0.2, -0.15) is 0 Å². The maximum Gasteiger partial charge on any atom is 0.333 e. The highest BCUT2D eigenvalue weighted by Crippen LogP contribution is 2.31. The highest BCUT2D eigenvalue weighted by Gasteiger charge is 2.37. The quantitative estimate of drug-likeness (QED) is 0.276. The molecule has 21 heavy (non-hydrogen) atoms. The van der Waals surface area contributed by atoms with E-state index in [0.29, 0.717) is 18.6 Å². The number of esters is 1. The second-order valence-corrected chi connectivity index (χ2v) is 10.3. The number of hydrogen-bond donors (Lipinski definition) is 0. The van der Waals surface area contributed by atoms with Gasteiger partial charge in [-0.15, -0.1) is 12.3 Å². The number of carbonyl (C=O) groups is 1. The van der Waals surface area contributed by atoms with Gasteiger partial charge in [0.05, 0.1) is 12.2 Å². The zero-order chi connectivity index (χ0) is 16.5. The van der Waals surface area contributed by atoms with E-state index < -0.39 is 13.9 Å². The molecule has 0 amide bonds. The normalized spacial score (nSPS) is 15.2. The standard InChI is InChI=1S/C17H30O3Si/c1-8-13-17(7,14-15(6)16(18)19-9-2)20-21(10-3,11-4)12-5/h1,14H,9-13H2,2-7H3/b15-14+/t17-/m1/s1. The molecule has 0 saturated carbocycles. The van der Waals surface area contributed by atoms with Crippen LogP contribution in [0.1, 0.15) is 48.0 Å². The molecule has 0 aromatic carbocycles. The molecule has 0 aliphatic heterocycles. The predicted molar refractivity (Wildman–Crippen MR) is 90.5 cm³/mol. The molecule has 0 rings (SSSR count). The third kappa shape index (κ3) is 6.07. The molecule has 120 valence electrons. The molecule has 1 atom stereocenters. The molecular weight excluding hydrogens is 280 g/mol. The van der Waals surface area contributed by atoms with Crippen LogP contribution in [0.4, 0.5) is 0 Å². The van der Waals surface area contributed by atoms with Crippen LogP contribution in [0.15, 0.2) is 11.6 Å². The summed E-state index contributed by atoms with van der Waals surface area (Å²) in [6, 6.07) is 3.14. The van der Waals surface area contributed by atoms with Gasteiger partial charge in [0.15, 0.2) is 8.32 Å². The van der Waals surface area contributed by atoms with Crippen molar-refractivity contribution in [3.63, 3.8) is 0 Å². The van der Waals surface area contributed by atoms with Gasteiger partial charge in [-0.3, -0.25) is 0 Å². The van der Waals surface area contributed by atoms with E-state index in [-0.39, 0.29) is 5.97 Å². The van der Waals surface area contributed by atoms with Gasteiger partial charge in [-0.1, -0.05) is 20.8 Å². The fraction of sp³-hybridized carbons (Fsp3) is 0.706. The highest BCUT2D eigenvalue weighted by molar-refractivity contribution is 6.73. The summed E-state index contributed by atoms with van der Waals surface area (Å²) in [5.41, 5.74) is -0.0411. The molecule has 0 bridgehead atoms. The summed E-state index contributed by atoms with van der Waals surface area (Å²) in [5.74, 6) is 2.38. The van der Waals surface area contributed by atoms with Gasteiger partial charge in [0.25, 0.3) is 0 Å². The molecule has 0 spiro atoms. The summed E-state index contributed by atoms with van der Waals surface area (Å²) >= 11 is 0. The van der Waals surface area contributed by atoms with E-state index in [1.54, 1.807) is 13.8 Å². The Balaban J connectivity index is 5.39. The van der Waals surface area contributed by atoms with Crippen LogP contribution in [0.25, 0.3) is 0 Å². The fourth-order valence-corrected chi connectivity index (χ4v) is 5.60. The minimum absolute atomic E-state index is 0.305. The van der Waals surface area contributed by atoms with Crippen molar-refractivity contribution in [1.29, 1.82) is 0 Å². The van der Waals surface area contributed by atoms with Crippen LogP contribution in [0.2, 0.25) is 18.1 Å². The SMILES string of the molecule is C#CC[C@](C)(/C=C(\C)C(=O)OCC)O[Si](CC)(CC)CC. The molecule has 0 radical (unpaired) electrons. The smallest absolute Gasteiger partial charge is 0.333 e. The highest BCUT2D eigenvalue weighted by atomic mass is 28.4. The lowest BCUT2D eigenvalue weighted by Gasteiger charge is -2.38. The molecule has 3 nitrogen and oxygen atoms in total. The summed E-state index contributed by atoms with van der Waals surface area (Å²) in [7, 11) is -1.80. The van der Waals surface area contributed by atoms with Crippen LogP contribution in [-0.2, 0) is 14.0 Å². The Hall–Kier alpha value is -1.05. The molecule has 0 N–H and O–H groups in total. The van der Waals surface area contributed by atoms with E-state index in [1.807, 2.05) is 13.0 Å². The first kappa shape index (κ1) is 19.9. The van der Waals surface area contributed by atoms with Gasteiger partial charge < -0.3 is 9.16 Å². The van der Waals surface area contributed by atoms with Crippen molar-refractivity contribution in [1.82, 2.24) is 0 Å². The lowest BCUT2D eigenvalue weighted by Crippen LogP contribution is -2.45. The van der Waals surface area contributed by atoms with Gasteiger partial charge in [-0.05, 0) is 45.0 Å². The van der Waals surface area contributed by atoms with E-state index in [9.17, 15) is 4.79 Å². The van der Waals surface area contributed by atoms with Crippen LogP contribution in [0.5, 0.6) is 0 Å². The van der Waals surface area contributed by atoms with Crippen LogP contribution >= 0.6 is 0 Å². The van der Waals surface area contributed by atoms with E-state index >= 15 is 0 Å². The first-order valence-corrected chi connectivity index (χ1v) is 10.3. The molecule has 0 aromatic rings. The third-order valence-corrected chi connectivity index (χ3v) is 8.72. The van der Waals surface area contributed by atoms with E-state index in [4.69, 9.17) is 15.6 Å². The molecule has 0 fully saturated rings. The number of terminal acetylenes is 1. The Kier molecular flexibility index (Phi) is 8.61. The van der Waals surface area contributed by atoms with Crippen LogP contribution < -0.4 is 0 Å². The molecular formula is C17H30O3Si. The molecule has 0 aliphatic rings. The number of rotatable bonds is 9. The summed E-state index contributed by atoms with van der Waals surface area (Å²) in [5, 5.41) is 0. The Labute approximate surface area is 131 Å². The Morgan fingerprint density at radius 3 is 2.14 bits per heavy atom. The Morgan fingerprint density at radius 1 is 1.24 bits per heavy atom. The van der Waals surface area contributed by atoms with Gasteiger partial charge in [0.2, 0.25) is 0 Å². The first-order chi connectivity index (χ1) is 9.81. The average Bonchev–Trinajstić information content (AvgIpc) is 2.45. The maximum atomic E-state index is 11.8. The summed E-state index contributed by atoms with van der Waals surface area (Å²) in [4.78, 5) is 11.8. The van der Waals surface area contributed by atoms with Crippen LogP contribution in [-0.4, -0.2) is 26.5 Å². The van der Waals surface area contributed by atoms with Crippen LogP contribution in [0.3, 0.4) is 0 Å². The molecule has 0 unspecified atom stereocenters. The van der Waals surface area contributed by atoms with E-state index in [0.717, 1.165) is 18.1 Å². The lowest BCUT2D eigenvalue weighted by molar-refractivity contribution is -0.138. The second-order valence-electron chi connectivity index (χ2n) is 5.59. The minimum Gasteiger partial charge on any atom is -0.463 e. The Bertz CT molecular complexity index is 396. The van der Waals surface area contributed by atoms with Gasteiger partial charge >= 0.3 is 5.97 Å². The summed E-state index contributed by atoms with van der Waals surface area (Å²) in [6.45, 7) is 12.4.